The number of hydrogen-bond acceptors (Lipinski definition) is 3. The van der Waals surface area contributed by atoms with Crippen molar-refractivity contribution in [2.75, 3.05) is 18.5 Å². The van der Waals surface area contributed by atoms with E-state index in [0.717, 1.165) is 29.6 Å². The van der Waals surface area contributed by atoms with E-state index < -0.39 is 0 Å². The molecule has 5 heteroatoms. The van der Waals surface area contributed by atoms with Crippen LogP contribution in [0.2, 0.25) is 0 Å². The molecule has 0 bridgehead atoms. The zero-order valence-electron chi connectivity index (χ0n) is 16.0. The summed E-state index contributed by atoms with van der Waals surface area (Å²) in [5, 5.41) is 4.14. The van der Waals surface area contributed by atoms with Crippen molar-refractivity contribution in [3.63, 3.8) is 0 Å². The molecule has 1 amide bonds. The molecule has 1 aliphatic heterocycles. The number of nitrogens with one attached hydrogen (secondary N) is 1. The van der Waals surface area contributed by atoms with Crippen molar-refractivity contribution < 1.29 is 14.3 Å². The molecule has 5 nitrogen and oxygen atoms in total. The zero-order chi connectivity index (χ0) is 19.0. The van der Waals surface area contributed by atoms with Gasteiger partial charge in [-0.25, -0.2) is 0 Å². The second kappa shape index (κ2) is 6.99. The first-order chi connectivity index (χ1) is 13.1. The average molecular weight is 364 g/mol. The van der Waals surface area contributed by atoms with Gasteiger partial charge < -0.3 is 19.4 Å². The minimum absolute atomic E-state index is 0.144. The minimum atomic E-state index is -0.144. The van der Waals surface area contributed by atoms with Crippen molar-refractivity contribution in [2.45, 2.75) is 33.7 Å². The Morgan fingerprint density at radius 3 is 2.56 bits per heavy atom. The second-order valence-electron chi connectivity index (χ2n) is 6.92. The number of carbonyl (C=O) groups is 1. The van der Waals surface area contributed by atoms with Gasteiger partial charge in [-0.2, -0.15) is 0 Å². The fourth-order valence-corrected chi connectivity index (χ4v) is 3.66. The van der Waals surface area contributed by atoms with Crippen molar-refractivity contribution in [3.8, 4) is 11.5 Å². The van der Waals surface area contributed by atoms with E-state index in [2.05, 4.69) is 35.9 Å². The summed E-state index contributed by atoms with van der Waals surface area (Å²) >= 11 is 0. The highest BCUT2D eigenvalue weighted by Crippen LogP contribution is 2.33. The molecule has 0 unspecified atom stereocenters. The highest BCUT2D eigenvalue weighted by atomic mass is 16.5. The SMILES string of the molecule is CCn1c(C)cc2cc(NC(=O)c3cc4c(cc3C)OCCCO4)ccc21. The zero-order valence-corrected chi connectivity index (χ0v) is 16.0. The highest BCUT2D eigenvalue weighted by Gasteiger charge is 2.17. The van der Waals surface area contributed by atoms with Crippen LogP contribution < -0.4 is 14.8 Å². The van der Waals surface area contributed by atoms with Gasteiger partial charge in [-0.05, 0) is 62.7 Å². The summed E-state index contributed by atoms with van der Waals surface area (Å²) in [6.45, 7) is 8.31. The molecule has 0 atom stereocenters. The monoisotopic (exact) mass is 364 g/mol. The number of nitrogens with zero attached hydrogens (tertiary/aromatic N) is 1. The van der Waals surface area contributed by atoms with Crippen molar-refractivity contribution >= 4 is 22.5 Å². The van der Waals surface area contributed by atoms with Crippen LogP contribution in [0.25, 0.3) is 10.9 Å². The third kappa shape index (κ3) is 3.25. The molecule has 3 aromatic rings. The Morgan fingerprint density at radius 1 is 1.07 bits per heavy atom. The molecule has 0 fully saturated rings. The van der Waals surface area contributed by atoms with Gasteiger partial charge in [0.2, 0.25) is 0 Å². The Labute approximate surface area is 158 Å². The summed E-state index contributed by atoms with van der Waals surface area (Å²) in [6, 6.07) is 11.8. The van der Waals surface area contributed by atoms with Gasteiger partial charge in [-0.3, -0.25) is 4.79 Å². The smallest absolute Gasteiger partial charge is 0.256 e. The molecule has 0 saturated heterocycles. The number of rotatable bonds is 3. The largest absolute Gasteiger partial charge is 0.490 e. The van der Waals surface area contributed by atoms with Crippen LogP contribution in [0.1, 0.15) is 35.0 Å². The maximum atomic E-state index is 12.9. The van der Waals surface area contributed by atoms with Crippen LogP contribution in [0, 0.1) is 13.8 Å². The van der Waals surface area contributed by atoms with E-state index in [1.165, 1.54) is 11.2 Å². The molecule has 2 aromatic carbocycles. The van der Waals surface area contributed by atoms with Gasteiger partial charge >= 0.3 is 0 Å². The molecule has 0 radical (unpaired) electrons. The summed E-state index contributed by atoms with van der Waals surface area (Å²) < 4.78 is 13.7. The van der Waals surface area contributed by atoms with Gasteiger partial charge in [-0.15, -0.1) is 0 Å². The van der Waals surface area contributed by atoms with Gasteiger partial charge in [0.25, 0.3) is 5.91 Å². The fraction of sp³-hybridized carbons (Fsp3) is 0.318. The van der Waals surface area contributed by atoms with Gasteiger partial charge in [0.15, 0.2) is 11.5 Å². The van der Waals surface area contributed by atoms with Gasteiger partial charge in [0.05, 0.1) is 13.2 Å². The summed E-state index contributed by atoms with van der Waals surface area (Å²) in [5.41, 5.74) is 4.65. The summed E-state index contributed by atoms with van der Waals surface area (Å²) in [5.74, 6) is 1.20. The highest BCUT2D eigenvalue weighted by molar-refractivity contribution is 6.06. The second-order valence-corrected chi connectivity index (χ2v) is 6.92. The number of carbonyl (C=O) groups excluding carboxylic acids is 1. The third-order valence-electron chi connectivity index (χ3n) is 5.02. The predicted octanol–water partition coefficient (Wildman–Crippen LogP) is 4.69. The van der Waals surface area contributed by atoms with Crippen LogP contribution in [0.5, 0.6) is 11.5 Å². The van der Waals surface area contributed by atoms with Gasteiger partial charge in [0.1, 0.15) is 0 Å². The van der Waals surface area contributed by atoms with E-state index in [1.807, 2.05) is 25.1 Å². The van der Waals surface area contributed by atoms with Crippen LogP contribution in [0.3, 0.4) is 0 Å². The number of aromatic nitrogens is 1. The van der Waals surface area contributed by atoms with Crippen molar-refractivity contribution in [3.05, 3.63) is 53.2 Å². The van der Waals surface area contributed by atoms with Crippen molar-refractivity contribution in [1.29, 1.82) is 0 Å². The van der Waals surface area contributed by atoms with E-state index in [4.69, 9.17) is 9.47 Å². The molecule has 0 saturated carbocycles. The number of anilines is 1. The van der Waals surface area contributed by atoms with Crippen LogP contribution >= 0.6 is 0 Å². The topological polar surface area (TPSA) is 52.5 Å². The molecule has 0 spiro atoms. The predicted molar refractivity (Wildman–Crippen MR) is 107 cm³/mol. The molecular weight excluding hydrogens is 340 g/mol. The Morgan fingerprint density at radius 2 is 1.81 bits per heavy atom. The summed E-state index contributed by atoms with van der Waals surface area (Å²) in [4.78, 5) is 12.9. The Hall–Kier alpha value is -2.95. The quantitative estimate of drug-likeness (QED) is 0.733. The van der Waals surface area contributed by atoms with E-state index >= 15 is 0 Å². The molecule has 1 aromatic heterocycles. The van der Waals surface area contributed by atoms with Crippen LogP contribution in [0.4, 0.5) is 5.69 Å². The number of aryl methyl sites for hydroxylation is 3. The number of fused-ring (bicyclic) bond motifs is 2. The summed E-state index contributed by atoms with van der Waals surface area (Å²) in [7, 11) is 0. The minimum Gasteiger partial charge on any atom is -0.490 e. The first-order valence-corrected chi connectivity index (χ1v) is 9.38. The molecule has 27 heavy (non-hydrogen) atoms. The molecular formula is C22H24N2O3. The first kappa shape index (κ1) is 17.5. The standard InChI is InChI=1S/C22H24N2O3/c1-4-24-15(3)11-16-12-17(6-7-19(16)24)23-22(25)18-13-21-20(10-14(18)2)26-8-5-9-27-21/h6-7,10-13H,4-5,8-9H2,1-3H3,(H,23,25). The molecule has 2 heterocycles. The maximum absolute atomic E-state index is 12.9. The lowest BCUT2D eigenvalue weighted by Crippen LogP contribution is -2.13. The number of amides is 1. The van der Waals surface area contributed by atoms with Crippen molar-refractivity contribution in [2.24, 2.45) is 0 Å². The maximum Gasteiger partial charge on any atom is 0.256 e. The fourth-order valence-electron chi connectivity index (χ4n) is 3.66. The lowest BCUT2D eigenvalue weighted by molar-refractivity contribution is 0.102. The molecule has 1 N–H and O–H groups in total. The first-order valence-electron chi connectivity index (χ1n) is 9.38. The normalized spacial score (nSPS) is 13.4. The average Bonchev–Trinajstić information content (AvgIpc) is 2.80. The van der Waals surface area contributed by atoms with Crippen LogP contribution in [0.15, 0.2) is 36.4 Å². The van der Waals surface area contributed by atoms with E-state index in [1.54, 1.807) is 6.07 Å². The van der Waals surface area contributed by atoms with Crippen LogP contribution in [-0.4, -0.2) is 23.7 Å². The lowest BCUT2D eigenvalue weighted by Gasteiger charge is -2.13. The van der Waals surface area contributed by atoms with Crippen molar-refractivity contribution in [1.82, 2.24) is 4.57 Å². The van der Waals surface area contributed by atoms with E-state index in [0.29, 0.717) is 30.3 Å². The Kier molecular flexibility index (Phi) is 4.52. The molecule has 0 aliphatic carbocycles. The van der Waals surface area contributed by atoms with Gasteiger partial charge in [0, 0.05) is 40.8 Å². The van der Waals surface area contributed by atoms with Crippen LogP contribution in [-0.2, 0) is 6.54 Å². The Balaban J connectivity index is 1.62. The molecule has 1 aliphatic rings. The number of ether oxygens (including phenoxy) is 2. The van der Waals surface area contributed by atoms with E-state index in [9.17, 15) is 4.79 Å². The van der Waals surface area contributed by atoms with Gasteiger partial charge in [-0.1, -0.05) is 0 Å². The molecule has 140 valence electrons. The number of hydrogen-bond donors (Lipinski definition) is 1. The number of benzene rings is 2. The lowest BCUT2D eigenvalue weighted by atomic mass is 10.1. The van der Waals surface area contributed by atoms with E-state index in [-0.39, 0.29) is 5.91 Å². The third-order valence-corrected chi connectivity index (χ3v) is 5.02. The summed E-state index contributed by atoms with van der Waals surface area (Å²) in [6.07, 6.45) is 0.839. The Bertz CT molecular complexity index is 1020. The molecule has 4 rings (SSSR count).